The number of aromatic nitrogens is 2. The first-order valence-corrected chi connectivity index (χ1v) is 7.73. The molecule has 2 aromatic rings. The van der Waals surface area contributed by atoms with E-state index >= 15 is 0 Å². The summed E-state index contributed by atoms with van der Waals surface area (Å²) in [6, 6.07) is 8.47. The highest BCUT2D eigenvalue weighted by molar-refractivity contribution is 9.10. The molecule has 1 aromatic carbocycles. The second-order valence-corrected chi connectivity index (χ2v) is 6.14. The third kappa shape index (κ3) is 2.60. The van der Waals surface area contributed by atoms with Crippen LogP contribution >= 0.6 is 15.9 Å². The van der Waals surface area contributed by atoms with Gasteiger partial charge in [-0.15, -0.1) is 0 Å². The third-order valence-electron chi connectivity index (χ3n) is 3.70. The first-order chi connectivity index (χ1) is 9.65. The van der Waals surface area contributed by atoms with Crippen LogP contribution in [0.25, 0.3) is 5.69 Å². The molecule has 0 radical (unpaired) electrons. The van der Waals surface area contributed by atoms with Crippen LogP contribution in [0.4, 0.5) is 5.82 Å². The molecular formula is C15H19BrN4. The van der Waals surface area contributed by atoms with Gasteiger partial charge in [0.25, 0.3) is 0 Å². The Morgan fingerprint density at radius 2 is 1.90 bits per heavy atom. The predicted molar refractivity (Wildman–Crippen MR) is 85.8 cm³/mol. The van der Waals surface area contributed by atoms with E-state index in [1.807, 2.05) is 4.68 Å². The van der Waals surface area contributed by atoms with Gasteiger partial charge in [-0.25, -0.2) is 4.68 Å². The van der Waals surface area contributed by atoms with Crippen molar-refractivity contribution in [2.75, 3.05) is 31.1 Å². The van der Waals surface area contributed by atoms with Crippen LogP contribution < -0.4 is 10.2 Å². The summed E-state index contributed by atoms with van der Waals surface area (Å²) in [5.41, 5.74) is 3.54. The lowest BCUT2D eigenvalue weighted by Gasteiger charge is -2.27. The Hall–Kier alpha value is -1.33. The smallest absolute Gasteiger partial charge is 0.151 e. The van der Waals surface area contributed by atoms with Crippen molar-refractivity contribution >= 4 is 21.7 Å². The van der Waals surface area contributed by atoms with E-state index in [0.29, 0.717) is 0 Å². The fourth-order valence-electron chi connectivity index (χ4n) is 2.61. The molecule has 1 aromatic heterocycles. The van der Waals surface area contributed by atoms with Gasteiger partial charge in [0.15, 0.2) is 5.82 Å². The van der Waals surface area contributed by atoms with Gasteiger partial charge in [0.2, 0.25) is 0 Å². The first-order valence-electron chi connectivity index (χ1n) is 6.94. The fourth-order valence-corrected chi connectivity index (χ4v) is 3.08. The molecule has 1 saturated heterocycles. The molecule has 0 atom stereocenters. The molecule has 3 rings (SSSR count). The molecular weight excluding hydrogens is 316 g/mol. The predicted octanol–water partition coefficient (Wildman–Crippen LogP) is 2.66. The summed E-state index contributed by atoms with van der Waals surface area (Å²) in [7, 11) is 0. The first kappa shape index (κ1) is 13.6. The number of hydrogen-bond acceptors (Lipinski definition) is 3. The molecule has 1 aliphatic rings. The Morgan fingerprint density at radius 3 is 2.60 bits per heavy atom. The van der Waals surface area contributed by atoms with Crippen LogP contribution in [0, 0.1) is 13.8 Å². The lowest BCUT2D eigenvalue weighted by Crippen LogP contribution is -2.43. The Balaban J connectivity index is 1.95. The Kier molecular flexibility index (Phi) is 3.81. The summed E-state index contributed by atoms with van der Waals surface area (Å²) < 4.78 is 3.14. The van der Waals surface area contributed by atoms with Crippen LogP contribution in [0.3, 0.4) is 0 Å². The van der Waals surface area contributed by atoms with Gasteiger partial charge in [0, 0.05) is 42.4 Å². The van der Waals surface area contributed by atoms with Crippen molar-refractivity contribution in [3.63, 3.8) is 0 Å². The van der Waals surface area contributed by atoms with Crippen molar-refractivity contribution in [3.8, 4) is 5.69 Å². The normalized spacial score (nSPS) is 15.7. The van der Waals surface area contributed by atoms with Crippen molar-refractivity contribution < 1.29 is 0 Å². The van der Waals surface area contributed by atoms with E-state index in [1.165, 1.54) is 11.3 Å². The minimum atomic E-state index is 1.02. The third-order valence-corrected chi connectivity index (χ3v) is 4.20. The minimum absolute atomic E-state index is 1.02. The molecule has 1 aliphatic heterocycles. The molecule has 0 bridgehead atoms. The van der Waals surface area contributed by atoms with E-state index in [-0.39, 0.29) is 0 Å². The Labute approximate surface area is 127 Å². The quantitative estimate of drug-likeness (QED) is 0.916. The molecule has 1 fully saturated rings. The monoisotopic (exact) mass is 334 g/mol. The maximum absolute atomic E-state index is 4.79. The Morgan fingerprint density at radius 1 is 1.15 bits per heavy atom. The number of halogens is 1. The molecule has 0 amide bonds. The lowest BCUT2D eigenvalue weighted by atomic mass is 10.2. The van der Waals surface area contributed by atoms with Gasteiger partial charge in [-0.3, -0.25) is 0 Å². The van der Waals surface area contributed by atoms with Crippen LogP contribution in [0.15, 0.2) is 28.7 Å². The SMILES string of the molecule is Cc1cc(Br)ccc1-n1nc(N2CCNCC2)cc1C. The zero-order valence-electron chi connectivity index (χ0n) is 11.9. The molecule has 106 valence electrons. The molecule has 0 saturated carbocycles. The van der Waals surface area contributed by atoms with Crippen molar-refractivity contribution in [1.29, 1.82) is 0 Å². The van der Waals surface area contributed by atoms with Gasteiger partial charge in [-0.1, -0.05) is 15.9 Å². The Bertz CT molecular complexity index is 614. The van der Waals surface area contributed by atoms with Gasteiger partial charge in [0.1, 0.15) is 0 Å². The molecule has 0 aliphatic carbocycles. The van der Waals surface area contributed by atoms with Crippen LogP contribution in [0.1, 0.15) is 11.3 Å². The number of piperazine rings is 1. The second kappa shape index (κ2) is 5.58. The number of hydrogen-bond donors (Lipinski definition) is 1. The molecule has 0 unspecified atom stereocenters. The largest absolute Gasteiger partial charge is 0.353 e. The summed E-state index contributed by atoms with van der Waals surface area (Å²) in [6.45, 7) is 8.34. The summed E-state index contributed by atoms with van der Waals surface area (Å²) in [5, 5.41) is 8.17. The number of aryl methyl sites for hydroxylation is 2. The molecule has 4 nitrogen and oxygen atoms in total. The minimum Gasteiger partial charge on any atom is -0.353 e. The zero-order chi connectivity index (χ0) is 14.1. The molecule has 0 spiro atoms. The fraction of sp³-hybridized carbons (Fsp3) is 0.400. The summed E-state index contributed by atoms with van der Waals surface area (Å²) in [6.07, 6.45) is 0. The molecule has 20 heavy (non-hydrogen) atoms. The molecule has 1 N–H and O–H groups in total. The van der Waals surface area contributed by atoms with Crippen molar-refractivity contribution in [1.82, 2.24) is 15.1 Å². The standard InChI is InChI=1S/C15H19BrN4/c1-11-9-13(16)3-4-14(11)20-12(2)10-15(18-20)19-7-5-17-6-8-19/h3-4,9-10,17H,5-8H2,1-2H3. The number of anilines is 1. The average molecular weight is 335 g/mol. The average Bonchev–Trinajstić information content (AvgIpc) is 2.82. The van der Waals surface area contributed by atoms with E-state index in [0.717, 1.165) is 42.2 Å². The molecule has 5 heteroatoms. The summed E-state index contributed by atoms with van der Waals surface area (Å²) >= 11 is 3.51. The lowest BCUT2D eigenvalue weighted by molar-refractivity contribution is 0.583. The van der Waals surface area contributed by atoms with Gasteiger partial charge in [-0.2, -0.15) is 5.10 Å². The van der Waals surface area contributed by atoms with E-state index in [4.69, 9.17) is 5.10 Å². The van der Waals surface area contributed by atoms with Crippen molar-refractivity contribution in [3.05, 3.63) is 40.0 Å². The topological polar surface area (TPSA) is 33.1 Å². The number of nitrogens with zero attached hydrogens (tertiary/aromatic N) is 3. The number of benzene rings is 1. The van der Waals surface area contributed by atoms with E-state index in [9.17, 15) is 0 Å². The zero-order valence-corrected chi connectivity index (χ0v) is 13.4. The van der Waals surface area contributed by atoms with E-state index in [2.05, 4.69) is 64.3 Å². The highest BCUT2D eigenvalue weighted by atomic mass is 79.9. The summed E-state index contributed by atoms with van der Waals surface area (Å²) in [4.78, 5) is 2.34. The van der Waals surface area contributed by atoms with E-state index < -0.39 is 0 Å². The van der Waals surface area contributed by atoms with Gasteiger partial charge in [0.05, 0.1) is 5.69 Å². The van der Waals surface area contributed by atoms with Crippen LogP contribution in [0.2, 0.25) is 0 Å². The van der Waals surface area contributed by atoms with Crippen LogP contribution in [0.5, 0.6) is 0 Å². The highest BCUT2D eigenvalue weighted by Crippen LogP contribution is 2.23. The van der Waals surface area contributed by atoms with E-state index in [1.54, 1.807) is 0 Å². The second-order valence-electron chi connectivity index (χ2n) is 5.22. The number of nitrogens with one attached hydrogen (secondary N) is 1. The maximum atomic E-state index is 4.79. The molecule has 2 heterocycles. The summed E-state index contributed by atoms with van der Waals surface area (Å²) in [5.74, 6) is 1.08. The number of rotatable bonds is 2. The van der Waals surface area contributed by atoms with Crippen LogP contribution in [-0.2, 0) is 0 Å². The van der Waals surface area contributed by atoms with Crippen LogP contribution in [-0.4, -0.2) is 36.0 Å². The highest BCUT2D eigenvalue weighted by Gasteiger charge is 2.16. The van der Waals surface area contributed by atoms with Gasteiger partial charge >= 0.3 is 0 Å². The van der Waals surface area contributed by atoms with Gasteiger partial charge < -0.3 is 10.2 Å². The maximum Gasteiger partial charge on any atom is 0.151 e. The van der Waals surface area contributed by atoms with Crippen molar-refractivity contribution in [2.24, 2.45) is 0 Å². The van der Waals surface area contributed by atoms with Gasteiger partial charge in [-0.05, 0) is 37.6 Å². The van der Waals surface area contributed by atoms with Crippen molar-refractivity contribution in [2.45, 2.75) is 13.8 Å².